The molecule has 1 rings (SSSR count). The van der Waals surface area contributed by atoms with Gasteiger partial charge in [-0.3, -0.25) is 4.79 Å². The van der Waals surface area contributed by atoms with Gasteiger partial charge < -0.3 is 16.2 Å². The van der Waals surface area contributed by atoms with E-state index >= 15 is 0 Å². The maximum Gasteiger partial charge on any atom is 0.240 e. The van der Waals surface area contributed by atoms with Gasteiger partial charge in [0.05, 0.1) is 12.1 Å². The number of hydrogen-bond donors (Lipinski definition) is 3. The van der Waals surface area contributed by atoms with Gasteiger partial charge in [-0.15, -0.1) is 0 Å². The van der Waals surface area contributed by atoms with Crippen molar-refractivity contribution < 1.29 is 9.90 Å². The van der Waals surface area contributed by atoms with Crippen molar-refractivity contribution in [2.24, 2.45) is 5.73 Å². The van der Waals surface area contributed by atoms with Crippen LogP contribution < -0.4 is 11.1 Å². The number of amides is 1. The third-order valence-corrected chi connectivity index (χ3v) is 2.88. The molecule has 0 aliphatic carbocycles. The maximum atomic E-state index is 11.7. The van der Waals surface area contributed by atoms with Crippen LogP contribution in [-0.2, 0) is 17.9 Å². The van der Waals surface area contributed by atoms with E-state index in [-0.39, 0.29) is 12.5 Å². The van der Waals surface area contributed by atoms with Crippen molar-refractivity contribution in [2.75, 3.05) is 0 Å². The number of aliphatic hydroxyl groups is 1. The van der Waals surface area contributed by atoms with Crippen LogP contribution in [0.2, 0.25) is 0 Å². The van der Waals surface area contributed by atoms with Gasteiger partial charge in [0.2, 0.25) is 5.91 Å². The zero-order chi connectivity index (χ0) is 12.9. The minimum atomic E-state index is -0.825. The van der Waals surface area contributed by atoms with Gasteiger partial charge in [-0.05, 0) is 24.5 Å². The van der Waals surface area contributed by atoms with Crippen LogP contribution in [0, 0.1) is 0 Å². The lowest BCUT2D eigenvalue weighted by atomic mass is 9.99. The average Bonchev–Trinajstić information content (AvgIpc) is 2.36. The van der Waals surface area contributed by atoms with Gasteiger partial charge in [0.1, 0.15) is 0 Å². The Bertz CT molecular complexity index is 389. The summed E-state index contributed by atoms with van der Waals surface area (Å²) in [5.74, 6) is -0.158. The summed E-state index contributed by atoms with van der Waals surface area (Å²) >= 11 is 0. The first-order chi connectivity index (χ1) is 7.99. The van der Waals surface area contributed by atoms with E-state index in [2.05, 4.69) is 5.32 Å². The van der Waals surface area contributed by atoms with Crippen LogP contribution in [0.3, 0.4) is 0 Å². The highest BCUT2D eigenvalue weighted by atomic mass is 16.3. The average molecular weight is 236 g/mol. The Labute approximate surface area is 102 Å². The predicted molar refractivity (Wildman–Crippen MR) is 67.1 cm³/mol. The fraction of sp³-hybridized carbons (Fsp3) is 0.462. The van der Waals surface area contributed by atoms with Crippen LogP contribution >= 0.6 is 0 Å². The molecule has 0 spiro atoms. The van der Waals surface area contributed by atoms with Gasteiger partial charge in [-0.25, -0.2) is 0 Å². The normalized spacial score (nSPS) is 14.1. The molecule has 0 saturated carbocycles. The molecule has 1 atom stereocenters. The van der Waals surface area contributed by atoms with Crippen molar-refractivity contribution >= 4 is 5.91 Å². The Kier molecular flexibility index (Phi) is 4.66. The van der Waals surface area contributed by atoms with Crippen molar-refractivity contribution in [3.63, 3.8) is 0 Å². The smallest absolute Gasteiger partial charge is 0.240 e. The van der Waals surface area contributed by atoms with E-state index < -0.39 is 5.54 Å². The number of aliphatic hydroxyl groups excluding tert-OH is 1. The van der Waals surface area contributed by atoms with E-state index in [1.54, 1.807) is 6.92 Å². The summed E-state index contributed by atoms with van der Waals surface area (Å²) in [6, 6.07) is 7.46. The zero-order valence-corrected chi connectivity index (χ0v) is 10.4. The lowest BCUT2D eigenvalue weighted by Gasteiger charge is -2.21. The van der Waals surface area contributed by atoms with Crippen LogP contribution in [0.15, 0.2) is 24.3 Å². The molecule has 1 aromatic rings. The second-order valence-electron chi connectivity index (χ2n) is 4.43. The van der Waals surface area contributed by atoms with Crippen LogP contribution in [0.1, 0.15) is 31.4 Å². The number of nitrogens with one attached hydrogen (secondary N) is 1. The lowest BCUT2D eigenvalue weighted by molar-refractivity contribution is -0.126. The van der Waals surface area contributed by atoms with E-state index in [1.807, 2.05) is 31.2 Å². The zero-order valence-electron chi connectivity index (χ0n) is 10.4. The Balaban J connectivity index is 2.58. The summed E-state index contributed by atoms with van der Waals surface area (Å²) < 4.78 is 0. The minimum absolute atomic E-state index is 0.00531. The summed E-state index contributed by atoms with van der Waals surface area (Å²) in [6.45, 7) is 4.03. The van der Waals surface area contributed by atoms with Crippen LogP contribution in [0.5, 0.6) is 0 Å². The first kappa shape index (κ1) is 13.7. The van der Waals surface area contributed by atoms with Crippen molar-refractivity contribution in [3.05, 3.63) is 35.4 Å². The number of nitrogens with two attached hydrogens (primary N) is 1. The third-order valence-electron chi connectivity index (χ3n) is 2.88. The van der Waals surface area contributed by atoms with Gasteiger partial charge >= 0.3 is 0 Å². The Hall–Kier alpha value is -1.39. The molecule has 4 nitrogen and oxygen atoms in total. The van der Waals surface area contributed by atoms with Crippen molar-refractivity contribution in [1.82, 2.24) is 5.32 Å². The summed E-state index contributed by atoms with van der Waals surface area (Å²) in [6.07, 6.45) is 0.593. The van der Waals surface area contributed by atoms with Gasteiger partial charge in [-0.1, -0.05) is 31.2 Å². The molecule has 1 amide bonds. The molecule has 0 heterocycles. The highest BCUT2D eigenvalue weighted by Crippen LogP contribution is 2.07. The van der Waals surface area contributed by atoms with Crippen LogP contribution in [0.4, 0.5) is 0 Å². The highest BCUT2D eigenvalue weighted by molar-refractivity contribution is 5.85. The van der Waals surface area contributed by atoms with E-state index in [1.165, 1.54) is 0 Å². The summed E-state index contributed by atoms with van der Waals surface area (Å²) in [7, 11) is 0. The molecular formula is C13H20N2O2. The molecule has 4 N–H and O–H groups in total. The molecule has 0 aromatic heterocycles. The Morgan fingerprint density at radius 2 is 2.12 bits per heavy atom. The second kappa shape index (κ2) is 5.80. The largest absolute Gasteiger partial charge is 0.392 e. The molecule has 0 radical (unpaired) electrons. The third kappa shape index (κ3) is 3.84. The Morgan fingerprint density at radius 3 is 2.71 bits per heavy atom. The standard InChI is InChI=1S/C13H20N2O2/c1-3-13(2,14)12(17)15-8-10-5-4-6-11(7-10)9-16/h4-7,16H,3,8-9,14H2,1-2H3,(H,15,17). The van der Waals surface area contributed by atoms with Gasteiger partial charge in [0.15, 0.2) is 0 Å². The molecule has 17 heavy (non-hydrogen) atoms. The second-order valence-corrected chi connectivity index (χ2v) is 4.43. The van der Waals surface area contributed by atoms with Crippen LogP contribution in [-0.4, -0.2) is 16.6 Å². The molecule has 1 unspecified atom stereocenters. The van der Waals surface area contributed by atoms with Crippen molar-refractivity contribution in [3.8, 4) is 0 Å². The van der Waals surface area contributed by atoms with E-state index in [0.29, 0.717) is 13.0 Å². The summed E-state index contributed by atoms with van der Waals surface area (Å²) in [5.41, 5.74) is 6.79. The number of rotatable bonds is 5. The highest BCUT2D eigenvalue weighted by Gasteiger charge is 2.25. The minimum Gasteiger partial charge on any atom is -0.392 e. The van der Waals surface area contributed by atoms with Crippen molar-refractivity contribution in [1.29, 1.82) is 0 Å². The monoisotopic (exact) mass is 236 g/mol. The first-order valence-electron chi connectivity index (χ1n) is 5.75. The molecule has 4 heteroatoms. The van der Waals surface area contributed by atoms with Crippen LogP contribution in [0.25, 0.3) is 0 Å². The molecule has 0 bridgehead atoms. The maximum absolute atomic E-state index is 11.7. The fourth-order valence-corrected chi connectivity index (χ4v) is 1.38. The topological polar surface area (TPSA) is 75.4 Å². The van der Waals surface area contributed by atoms with E-state index in [9.17, 15) is 4.79 Å². The Morgan fingerprint density at radius 1 is 1.47 bits per heavy atom. The molecule has 0 fully saturated rings. The van der Waals surface area contributed by atoms with Gasteiger partial charge in [0, 0.05) is 6.54 Å². The SMILES string of the molecule is CCC(C)(N)C(=O)NCc1cccc(CO)c1. The lowest BCUT2D eigenvalue weighted by Crippen LogP contribution is -2.50. The summed E-state index contributed by atoms with van der Waals surface area (Å²) in [4.78, 5) is 11.7. The molecule has 0 saturated heterocycles. The van der Waals surface area contributed by atoms with Gasteiger partial charge in [-0.2, -0.15) is 0 Å². The summed E-state index contributed by atoms with van der Waals surface area (Å²) in [5, 5.41) is 11.8. The van der Waals surface area contributed by atoms with E-state index in [4.69, 9.17) is 10.8 Å². The molecule has 1 aromatic carbocycles. The number of benzene rings is 1. The number of carbonyl (C=O) groups is 1. The quantitative estimate of drug-likeness (QED) is 0.711. The molecular weight excluding hydrogens is 216 g/mol. The molecule has 0 aliphatic rings. The van der Waals surface area contributed by atoms with Crippen molar-refractivity contribution in [2.45, 2.75) is 39.0 Å². The molecule has 94 valence electrons. The fourth-order valence-electron chi connectivity index (χ4n) is 1.38. The van der Waals surface area contributed by atoms with E-state index in [0.717, 1.165) is 11.1 Å². The molecule has 0 aliphatic heterocycles. The first-order valence-corrected chi connectivity index (χ1v) is 5.75. The predicted octanol–water partition coefficient (Wildman–Crippen LogP) is 0.922. The van der Waals surface area contributed by atoms with Gasteiger partial charge in [0.25, 0.3) is 0 Å². The number of carbonyl (C=O) groups excluding carboxylic acids is 1. The number of hydrogen-bond acceptors (Lipinski definition) is 3.